The number of hydrogen-bond donors (Lipinski definition) is 4. The number of carboxylic acids is 1. The second-order valence-electron chi connectivity index (χ2n) is 3.98. The molecule has 0 bridgehead atoms. The van der Waals surface area contributed by atoms with Crippen LogP contribution in [-0.4, -0.2) is 35.7 Å². The molecule has 0 aromatic heterocycles. The summed E-state index contributed by atoms with van der Waals surface area (Å²) in [4.78, 5) is 21.7. The molecule has 0 fully saturated rings. The fourth-order valence-electron chi connectivity index (χ4n) is 1.08. The van der Waals surface area contributed by atoms with Crippen LogP contribution in [0.25, 0.3) is 0 Å². The van der Waals surface area contributed by atoms with Gasteiger partial charge < -0.3 is 21.5 Å². The van der Waals surface area contributed by atoms with Crippen LogP contribution >= 0.6 is 0 Å². The van der Waals surface area contributed by atoms with Crippen molar-refractivity contribution in [3.05, 3.63) is 0 Å². The smallest absolute Gasteiger partial charge is 0.315 e. The Hall–Kier alpha value is -1.30. The molecule has 0 spiro atoms. The molecule has 15 heavy (non-hydrogen) atoms. The quantitative estimate of drug-likeness (QED) is 0.466. The highest BCUT2D eigenvalue weighted by Crippen LogP contribution is 2.07. The van der Waals surface area contributed by atoms with Gasteiger partial charge in [0.15, 0.2) is 0 Å². The minimum absolute atomic E-state index is 0.114. The van der Waals surface area contributed by atoms with Gasteiger partial charge in [0.1, 0.15) is 0 Å². The van der Waals surface area contributed by atoms with Crippen LogP contribution in [0.5, 0.6) is 0 Å². The second-order valence-corrected chi connectivity index (χ2v) is 3.98. The van der Waals surface area contributed by atoms with E-state index in [0.29, 0.717) is 19.5 Å². The van der Waals surface area contributed by atoms with Crippen LogP contribution in [-0.2, 0) is 4.79 Å². The van der Waals surface area contributed by atoms with E-state index in [4.69, 9.17) is 10.8 Å². The number of carbonyl (C=O) groups is 2. The van der Waals surface area contributed by atoms with Gasteiger partial charge in [0.05, 0.1) is 6.42 Å². The highest BCUT2D eigenvalue weighted by atomic mass is 16.4. The lowest BCUT2D eigenvalue weighted by Crippen LogP contribution is -2.49. The van der Waals surface area contributed by atoms with Gasteiger partial charge in [-0.15, -0.1) is 0 Å². The van der Waals surface area contributed by atoms with Crippen LogP contribution in [0.4, 0.5) is 4.79 Å². The largest absolute Gasteiger partial charge is 0.481 e. The van der Waals surface area contributed by atoms with E-state index in [9.17, 15) is 9.59 Å². The number of aliphatic carboxylic acids is 1. The molecule has 0 saturated carbocycles. The summed E-state index contributed by atoms with van der Waals surface area (Å²) in [6.45, 7) is 4.32. The monoisotopic (exact) mass is 217 g/mol. The van der Waals surface area contributed by atoms with Crippen molar-refractivity contribution in [2.24, 2.45) is 5.73 Å². The number of carbonyl (C=O) groups excluding carboxylic acids is 1. The molecule has 6 heteroatoms. The molecule has 0 aliphatic rings. The fraction of sp³-hybridized carbons (Fsp3) is 0.778. The summed E-state index contributed by atoms with van der Waals surface area (Å²) in [5.74, 6) is -0.942. The zero-order chi connectivity index (χ0) is 11.9. The lowest BCUT2D eigenvalue weighted by molar-refractivity contribution is -0.138. The van der Waals surface area contributed by atoms with Gasteiger partial charge in [-0.25, -0.2) is 4.79 Å². The van der Waals surface area contributed by atoms with E-state index in [1.54, 1.807) is 13.8 Å². The van der Waals surface area contributed by atoms with E-state index < -0.39 is 11.5 Å². The number of carboxylic acid groups (broad SMARTS) is 1. The van der Waals surface area contributed by atoms with Crippen LogP contribution in [0.15, 0.2) is 0 Å². The van der Waals surface area contributed by atoms with Crippen molar-refractivity contribution in [2.75, 3.05) is 13.1 Å². The van der Waals surface area contributed by atoms with Crippen molar-refractivity contribution in [3.8, 4) is 0 Å². The number of nitrogens with one attached hydrogen (secondary N) is 2. The molecular weight excluding hydrogens is 198 g/mol. The van der Waals surface area contributed by atoms with E-state index in [2.05, 4.69) is 10.6 Å². The molecular formula is C9H19N3O3. The Bertz CT molecular complexity index is 229. The van der Waals surface area contributed by atoms with Crippen LogP contribution < -0.4 is 16.4 Å². The third-order valence-corrected chi connectivity index (χ3v) is 1.71. The van der Waals surface area contributed by atoms with Crippen molar-refractivity contribution in [1.82, 2.24) is 10.6 Å². The van der Waals surface area contributed by atoms with E-state index >= 15 is 0 Å². The SMILES string of the molecule is CC(C)(CC(=O)O)NC(=O)NCCCN. The molecule has 0 unspecified atom stereocenters. The fourth-order valence-corrected chi connectivity index (χ4v) is 1.08. The Kier molecular flexibility index (Phi) is 5.69. The summed E-state index contributed by atoms with van der Waals surface area (Å²) >= 11 is 0. The minimum atomic E-state index is -0.942. The normalized spacial score (nSPS) is 10.9. The molecule has 0 saturated heterocycles. The summed E-state index contributed by atoms with van der Waals surface area (Å²) < 4.78 is 0. The molecule has 0 aliphatic carbocycles. The summed E-state index contributed by atoms with van der Waals surface area (Å²) in [5, 5.41) is 13.8. The van der Waals surface area contributed by atoms with Crippen molar-refractivity contribution in [2.45, 2.75) is 32.2 Å². The highest BCUT2D eigenvalue weighted by Gasteiger charge is 2.23. The van der Waals surface area contributed by atoms with Gasteiger partial charge in [-0.05, 0) is 26.8 Å². The summed E-state index contributed by atoms with van der Waals surface area (Å²) in [5.41, 5.74) is 4.51. The first-order chi connectivity index (χ1) is 6.87. The summed E-state index contributed by atoms with van der Waals surface area (Å²) in [6, 6.07) is -0.366. The number of rotatable bonds is 6. The Morgan fingerprint density at radius 2 is 2.00 bits per heavy atom. The molecule has 88 valence electrons. The average Bonchev–Trinajstić information content (AvgIpc) is 2.00. The third kappa shape index (κ3) is 7.75. The topological polar surface area (TPSA) is 104 Å². The molecule has 0 aliphatic heterocycles. The molecule has 6 nitrogen and oxygen atoms in total. The standard InChI is InChI=1S/C9H19N3O3/c1-9(2,6-7(13)14)12-8(15)11-5-3-4-10/h3-6,10H2,1-2H3,(H,13,14)(H2,11,12,15). The van der Waals surface area contributed by atoms with Gasteiger partial charge in [0, 0.05) is 12.1 Å². The van der Waals surface area contributed by atoms with Crippen molar-refractivity contribution in [3.63, 3.8) is 0 Å². The number of amides is 2. The van der Waals surface area contributed by atoms with Crippen molar-refractivity contribution < 1.29 is 14.7 Å². The van der Waals surface area contributed by atoms with Gasteiger partial charge in [-0.1, -0.05) is 0 Å². The third-order valence-electron chi connectivity index (χ3n) is 1.71. The summed E-state index contributed by atoms with van der Waals surface area (Å²) in [7, 11) is 0. The van der Waals surface area contributed by atoms with Gasteiger partial charge in [0.25, 0.3) is 0 Å². The van der Waals surface area contributed by atoms with Gasteiger partial charge >= 0.3 is 12.0 Å². The van der Waals surface area contributed by atoms with E-state index in [0.717, 1.165) is 0 Å². The predicted octanol–water partition coefficient (Wildman–Crippen LogP) is -0.112. The molecule has 5 N–H and O–H groups in total. The first kappa shape index (κ1) is 13.7. The first-order valence-electron chi connectivity index (χ1n) is 4.85. The van der Waals surface area contributed by atoms with Gasteiger partial charge in [-0.2, -0.15) is 0 Å². The maximum atomic E-state index is 11.3. The zero-order valence-corrected chi connectivity index (χ0v) is 9.17. The molecule has 0 aromatic rings. The molecule has 0 radical (unpaired) electrons. The van der Waals surface area contributed by atoms with Crippen LogP contribution in [0.3, 0.4) is 0 Å². The molecule has 0 rings (SSSR count). The van der Waals surface area contributed by atoms with Crippen molar-refractivity contribution >= 4 is 12.0 Å². The van der Waals surface area contributed by atoms with E-state index in [-0.39, 0.29) is 12.5 Å². The van der Waals surface area contributed by atoms with Gasteiger partial charge in [0.2, 0.25) is 0 Å². The van der Waals surface area contributed by atoms with E-state index in [1.165, 1.54) is 0 Å². The average molecular weight is 217 g/mol. The molecule has 2 amide bonds. The Morgan fingerprint density at radius 3 is 2.47 bits per heavy atom. The second kappa shape index (κ2) is 6.23. The molecule has 0 atom stereocenters. The Morgan fingerprint density at radius 1 is 1.40 bits per heavy atom. The zero-order valence-electron chi connectivity index (χ0n) is 9.17. The van der Waals surface area contributed by atoms with Crippen LogP contribution in [0.2, 0.25) is 0 Å². The van der Waals surface area contributed by atoms with Crippen molar-refractivity contribution in [1.29, 1.82) is 0 Å². The first-order valence-corrected chi connectivity index (χ1v) is 4.85. The maximum absolute atomic E-state index is 11.3. The number of hydrogen-bond acceptors (Lipinski definition) is 3. The highest BCUT2D eigenvalue weighted by molar-refractivity contribution is 5.76. The van der Waals surface area contributed by atoms with E-state index in [1.807, 2.05) is 0 Å². The maximum Gasteiger partial charge on any atom is 0.315 e. The Balaban J connectivity index is 3.88. The predicted molar refractivity (Wildman–Crippen MR) is 56.5 cm³/mol. The van der Waals surface area contributed by atoms with Crippen LogP contribution in [0.1, 0.15) is 26.7 Å². The van der Waals surface area contributed by atoms with Gasteiger partial charge in [-0.3, -0.25) is 4.79 Å². The number of nitrogens with two attached hydrogens (primary N) is 1. The number of urea groups is 1. The molecule has 0 heterocycles. The minimum Gasteiger partial charge on any atom is -0.481 e. The Labute approximate surface area is 89.2 Å². The molecule has 0 aromatic carbocycles. The lowest BCUT2D eigenvalue weighted by Gasteiger charge is -2.24. The van der Waals surface area contributed by atoms with Crippen LogP contribution in [0, 0.1) is 0 Å². The summed E-state index contributed by atoms with van der Waals surface area (Å²) in [6.07, 6.45) is 0.587. The lowest BCUT2D eigenvalue weighted by atomic mass is 10.0.